The van der Waals surface area contributed by atoms with Crippen LogP contribution in [0.15, 0.2) is 23.4 Å². The molecule has 0 spiro atoms. The zero-order chi connectivity index (χ0) is 17.3. The molecular formula is C15H18F3N5O. The van der Waals surface area contributed by atoms with E-state index in [1.165, 1.54) is 0 Å². The van der Waals surface area contributed by atoms with Gasteiger partial charge < -0.3 is 14.5 Å². The molecule has 130 valence electrons. The van der Waals surface area contributed by atoms with E-state index in [2.05, 4.69) is 15.3 Å². The summed E-state index contributed by atoms with van der Waals surface area (Å²) in [6, 6.07) is 0. The molecule has 1 N–H and O–H groups in total. The van der Waals surface area contributed by atoms with E-state index < -0.39 is 11.9 Å². The Balaban J connectivity index is 1.67. The molecule has 0 saturated carbocycles. The molecule has 0 amide bonds. The molecule has 1 aliphatic rings. The monoisotopic (exact) mass is 341 g/mol. The maximum Gasteiger partial charge on any atom is 0.434 e. The number of alkyl halides is 3. The summed E-state index contributed by atoms with van der Waals surface area (Å²) in [6.07, 6.45) is 1.02. The minimum atomic E-state index is -4.42. The molecule has 0 aliphatic carbocycles. The molecule has 0 bridgehead atoms. The van der Waals surface area contributed by atoms with E-state index in [0.717, 1.165) is 12.6 Å². The zero-order valence-electron chi connectivity index (χ0n) is 13.2. The van der Waals surface area contributed by atoms with E-state index in [9.17, 15) is 18.0 Å². The van der Waals surface area contributed by atoms with Gasteiger partial charge in [-0.15, -0.1) is 0 Å². The van der Waals surface area contributed by atoms with Gasteiger partial charge in [0.1, 0.15) is 5.82 Å². The summed E-state index contributed by atoms with van der Waals surface area (Å²) in [5, 5.41) is 3.02. The van der Waals surface area contributed by atoms with Gasteiger partial charge in [0.15, 0.2) is 11.5 Å². The van der Waals surface area contributed by atoms with Crippen molar-refractivity contribution in [3.05, 3.63) is 40.5 Å². The second-order valence-electron chi connectivity index (χ2n) is 5.85. The van der Waals surface area contributed by atoms with Crippen molar-refractivity contribution in [3.8, 4) is 0 Å². The van der Waals surface area contributed by atoms with E-state index in [0.29, 0.717) is 31.9 Å². The highest BCUT2D eigenvalue weighted by atomic mass is 19.4. The number of hydrogen-bond acceptors (Lipinski definition) is 4. The van der Waals surface area contributed by atoms with Crippen LogP contribution in [0, 0.1) is 5.92 Å². The fourth-order valence-electron chi connectivity index (χ4n) is 2.88. The standard InChI is InChI=1S/C15H18F3N5O/c1-2-22-6-5-19-13(14(22)24)20-7-10-3-4-12-21-11(15(16,17)18)9-23(12)8-10/h5-6,9-10H,2-4,7-8H2,1H3,(H,19,20)/t10-/m0/s1. The number of nitrogens with zero attached hydrogens (tertiary/aromatic N) is 4. The number of hydrogen-bond donors (Lipinski definition) is 1. The molecule has 0 aromatic carbocycles. The molecule has 3 rings (SSSR count). The van der Waals surface area contributed by atoms with Crippen molar-refractivity contribution in [3.63, 3.8) is 0 Å². The summed E-state index contributed by atoms with van der Waals surface area (Å²) < 4.78 is 41.3. The second kappa shape index (κ2) is 6.29. The van der Waals surface area contributed by atoms with E-state index >= 15 is 0 Å². The number of fused-ring (bicyclic) bond motifs is 1. The lowest BCUT2D eigenvalue weighted by molar-refractivity contribution is -0.141. The smallest absolute Gasteiger partial charge is 0.365 e. The SMILES string of the molecule is CCn1ccnc(NC[C@@H]2CCc3nc(C(F)(F)F)cn3C2)c1=O. The van der Waals surface area contributed by atoms with Crippen LogP contribution >= 0.6 is 0 Å². The van der Waals surface area contributed by atoms with Gasteiger partial charge in [-0.25, -0.2) is 9.97 Å². The van der Waals surface area contributed by atoms with Gasteiger partial charge in [-0.3, -0.25) is 4.79 Å². The first kappa shape index (κ1) is 16.5. The molecule has 0 fully saturated rings. The van der Waals surface area contributed by atoms with Crippen molar-refractivity contribution < 1.29 is 13.2 Å². The predicted molar refractivity (Wildman–Crippen MR) is 81.7 cm³/mol. The summed E-state index contributed by atoms with van der Waals surface area (Å²) >= 11 is 0. The Morgan fingerprint density at radius 1 is 1.42 bits per heavy atom. The normalized spacial score (nSPS) is 17.6. The molecule has 6 nitrogen and oxygen atoms in total. The molecule has 1 atom stereocenters. The van der Waals surface area contributed by atoms with Crippen molar-refractivity contribution in [2.24, 2.45) is 5.92 Å². The first-order valence-electron chi connectivity index (χ1n) is 7.81. The molecule has 2 aromatic heterocycles. The number of rotatable bonds is 4. The average molecular weight is 341 g/mol. The Hall–Kier alpha value is -2.32. The van der Waals surface area contributed by atoms with Crippen LogP contribution in [0.4, 0.5) is 19.0 Å². The fraction of sp³-hybridized carbons (Fsp3) is 0.533. The first-order chi connectivity index (χ1) is 11.4. The highest BCUT2D eigenvalue weighted by Crippen LogP contribution is 2.30. The van der Waals surface area contributed by atoms with Crippen LogP contribution in [0.2, 0.25) is 0 Å². The van der Waals surface area contributed by atoms with Crippen molar-refractivity contribution in [2.75, 3.05) is 11.9 Å². The second-order valence-corrected chi connectivity index (χ2v) is 5.85. The van der Waals surface area contributed by atoms with Crippen LogP contribution in [0.5, 0.6) is 0 Å². The van der Waals surface area contributed by atoms with Gasteiger partial charge in [0.05, 0.1) is 0 Å². The molecule has 2 aromatic rings. The number of aryl methyl sites for hydroxylation is 2. The zero-order valence-corrected chi connectivity index (χ0v) is 13.2. The van der Waals surface area contributed by atoms with Crippen molar-refractivity contribution in [1.29, 1.82) is 0 Å². The van der Waals surface area contributed by atoms with E-state index in [1.54, 1.807) is 21.5 Å². The van der Waals surface area contributed by atoms with Crippen LogP contribution in [-0.2, 0) is 25.7 Å². The van der Waals surface area contributed by atoms with Gasteiger partial charge in [-0.05, 0) is 19.3 Å². The van der Waals surface area contributed by atoms with Gasteiger partial charge in [0, 0.05) is 44.6 Å². The summed E-state index contributed by atoms with van der Waals surface area (Å²) in [6.45, 7) is 3.35. The first-order valence-corrected chi connectivity index (χ1v) is 7.81. The lowest BCUT2D eigenvalue weighted by Crippen LogP contribution is -2.29. The molecule has 3 heterocycles. The Bertz CT molecular complexity index is 780. The molecule has 0 saturated heterocycles. The van der Waals surface area contributed by atoms with Gasteiger partial charge >= 0.3 is 6.18 Å². The van der Waals surface area contributed by atoms with E-state index in [4.69, 9.17) is 0 Å². The van der Waals surface area contributed by atoms with Crippen LogP contribution in [0.3, 0.4) is 0 Å². The van der Waals surface area contributed by atoms with Crippen molar-refractivity contribution in [2.45, 2.75) is 39.0 Å². The summed E-state index contributed by atoms with van der Waals surface area (Å²) in [7, 11) is 0. The minimum Gasteiger partial charge on any atom is -0.365 e. The molecule has 9 heteroatoms. The van der Waals surface area contributed by atoms with Crippen LogP contribution < -0.4 is 10.9 Å². The Kier molecular flexibility index (Phi) is 4.33. The van der Waals surface area contributed by atoms with Crippen molar-refractivity contribution in [1.82, 2.24) is 19.1 Å². The third-order valence-corrected chi connectivity index (χ3v) is 4.19. The van der Waals surface area contributed by atoms with Gasteiger partial charge in [0.25, 0.3) is 5.56 Å². The van der Waals surface area contributed by atoms with Gasteiger partial charge in [0.2, 0.25) is 0 Å². The summed E-state index contributed by atoms with van der Waals surface area (Å²) in [4.78, 5) is 19.8. The maximum atomic E-state index is 12.7. The third-order valence-electron chi connectivity index (χ3n) is 4.19. The van der Waals surface area contributed by atoms with E-state index in [-0.39, 0.29) is 17.3 Å². The maximum absolute atomic E-state index is 12.7. The van der Waals surface area contributed by atoms with Crippen LogP contribution in [0.1, 0.15) is 24.9 Å². The topological polar surface area (TPSA) is 64.7 Å². The Morgan fingerprint density at radius 2 is 2.21 bits per heavy atom. The highest BCUT2D eigenvalue weighted by molar-refractivity contribution is 5.30. The largest absolute Gasteiger partial charge is 0.434 e. The summed E-state index contributed by atoms with van der Waals surface area (Å²) in [5.41, 5.74) is -1.04. The van der Waals surface area contributed by atoms with Crippen LogP contribution in [0.25, 0.3) is 0 Å². The molecule has 0 unspecified atom stereocenters. The lowest BCUT2D eigenvalue weighted by Gasteiger charge is -2.24. The number of halogens is 3. The number of imidazole rings is 1. The quantitative estimate of drug-likeness (QED) is 0.926. The molecular weight excluding hydrogens is 323 g/mol. The fourth-order valence-corrected chi connectivity index (χ4v) is 2.88. The predicted octanol–water partition coefficient (Wildman–Crippen LogP) is 2.15. The van der Waals surface area contributed by atoms with Crippen LogP contribution in [-0.4, -0.2) is 25.6 Å². The summed E-state index contributed by atoms with van der Waals surface area (Å²) in [5.74, 6) is 0.848. The number of nitrogens with one attached hydrogen (secondary N) is 1. The lowest BCUT2D eigenvalue weighted by atomic mass is 9.99. The van der Waals surface area contributed by atoms with Crippen molar-refractivity contribution >= 4 is 5.82 Å². The number of aromatic nitrogens is 4. The third kappa shape index (κ3) is 3.29. The molecule has 0 radical (unpaired) electrons. The van der Waals surface area contributed by atoms with Gasteiger partial charge in [-0.1, -0.05) is 0 Å². The average Bonchev–Trinajstić information content (AvgIpc) is 2.97. The molecule has 1 aliphatic heterocycles. The molecule has 24 heavy (non-hydrogen) atoms. The van der Waals surface area contributed by atoms with E-state index in [1.807, 2.05) is 6.92 Å². The number of anilines is 1. The van der Waals surface area contributed by atoms with Gasteiger partial charge in [-0.2, -0.15) is 13.2 Å². The Labute approximate surface area is 136 Å². The highest BCUT2D eigenvalue weighted by Gasteiger charge is 2.35. The Morgan fingerprint density at radius 3 is 2.92 bits per heavy atom. The minimum absolute atomic E-state index is 0.115.